The number of thioether (sulfide) groups is 1. The molecule has 3 aromatic rings. The topological polar surface area (TPSA) is 74.3 Å². The van der Waals surface area contributed by atoms with Crippen molar-refractivity contribution >= 4 is 29.0 Å². The molecular weight excluding hydrogens is 391 g/mol. The van der Waals surface area contributed by atoms with E-state index in [1.807, 2.05) is 0 Å². The van der Waals surface area contributed by atoms with Crippen LogP contribution in [0.3, 0.4) is 0 Å². The molecule has 1 aliphatic rings. The monoisotopic (exact) mass is 404 g/mol. The van der Waals surface area contributed by atoms with E-state index in [-0.39, 0.29) is 17.3 Å². The molecule has 0 aliphatic carbocycles. The van der Waals surface area contributed by atoms with Gasteiger partial charge in [-0.15, -0.1) is 0 Å². The summed E-state index contributed by atoms with van der Waals surface area (Å²) >= 11 is 0.812. The van der Waals surface area contributed by atoms with E-state index >= 15 is 0 Å². The third-order valence-electron chi connectivity index (χ3n) is 4.35. The first kappa shape index (κ1) is 18.7. The van der Waals surface area contributed by atoms with Crippen molar-refractivity contribution < 1.29 is 18.4 Å². The van der Waals surface area contributed by atoms with Gasteiger partial charge >= 0.3 is 0 Å². The number of furan rings is 1. The summed E-state index contributed by atoms with van der Waals surface area (Å²) in [6.07, 6.45) is 1.49. The maximum absolute atomic E-state index is 13.4. The van der Waals surface area contributed by atoms with Crippen molar-refractivity contribution in [2.24, 2.45) is 0 Å². The second-order valence-corrected chi connectivity index (χ2v) is 7.24. The second-order valence-electron chi connectivity index (χ2n) is 6.25. The van der Waals surface area contributed by atoms with E-state index in [2.05, 4.69) is 6.07 Å². The molecule has 0 radical (unpaired) electrons. The van der Waals surface area contributed by atoms with Crippen LogP contribution in [0.15, 0.2) is 70.0 Å². The molecule has 0 atom stereocenters. The minimum absolute atomic E-state index is 0.0262. The summed E-state index contributed by atoms with van der Waals surface area (Å²) in [4.78, 5) is 26.3. The lowest BCUT2D eigenvalue weighted by Gasteiger charge is -2.13. The number of nitriles is 1. The van der Waals surface area contributed by atoms with Crippen molar-refractivity contribution in [2.75, 3.05) is 0 Å². The lowest BCUT2D eigenvalue weighted by atomic mass is 10.1. The highest BCUT2D eigenvalue weighted by Gasteiger charge is 2.35. The summed E-state index contributed by atoms with van der Waals surface area (Å²) in [6.45, 7) is 0.0262. The molecule has 1 aromatic heterocycles. The average Bonchev–Trinajstić information content (AvgIpc) is 3.29. The molecule has 142 valence electrons. The fourth-order valence-electron chi connectivity index (χ4n) is 2.93. The lowest BCUT2D eigenvalue weighted by Crippen LogP contribution is -2.27. The molecule has 1 saturated heterocycles. The number of carbonyl (C=O) groups is 2. The molecule has 0 spiro atoms. The van der Waals surface area contributed by atoms with Gasteiger partial charge in [0.2, 0.25) is 0 Å². The van der Waals surface area contributed by atoms with E-state index < -0.39 is 11.1 Å². The zero-order valence-corrected chi connectivity index (χ0v) is 15.8. The lowest BCUT2D eigenvalue weighted by molar-refractivity contribution is -0.123. The molecule has 2 heterocycles. The molecule has 1 fully saturated rings. The Balaban J connectivity index is 1.56. The Labute approximate surface area is 170 Å². The summed E-state index contributed by atoms with van der Waals surface area (Å²) < 4.78 is 19.1. The van der Waals surface area contributed by atoms with Gasteiger partial charge in [0.05, 0.1) is 23.1 Å². The SMILES string of the molecule is N#Cc1ccccc1CN1C(=O)S/C(=C/c2ccc(-c3cccc(F)c3)o2)C1=O. The molecule has 0 unspecified atom stereocenters. The molecule has 0 saturated carbocycles. The highest BCUT2D eigenvalue weighted by Crippen LogP contribution is 2.34. The van der Waals surface area contributed by atoms with Crippen LogP contribution in [0, 0.1) is 17.1 Å². The maximum Gasteiger partial charge on any atom is 0.293 e. The number of halogens is 1. The largest absolute Gasteiger partial charge is 0.457 e. The van der Waals surface area contributed by atoms with Crippen LogP contribution in [0.4, 0.5) is 9.18 Å². The van der Waals surface area contributed by atoms with Crippen LogP contribution in [0.5, 0.6) is 0 Å². The maximum atomic E-state index is 13.4. The first-order chi connectivity index (χ1) is 14.0. The number of nitrogens with zero attached hydrogens (tertiary/aromatic N) is 2. The Bertz CT molecular complexity index is 1190. The molecule has 5 nitrogen and oxygen atoms in total. The Morgan fingerprint density at radius 1 is 1.10 bits per heavy atom. The van der Waals surface area contributed by atoms with Crippen LogP contribution in [0.2, 0.25) is 0 Å². The molecule has 0 bridgehead atoms. The third kappa shape index (κ3) is 3.84. The van der Waals surface area contributed by atoms with E-state index in [1.54, 1.807) is 48.5 Å². The van der Waals surface area contributed by atoms with Crippen LogP contribution >= 0.6 is 11.8 Å². The summed E-state index contributed by atoms with van der Waals surface area (Å²) in [6, 6.07) is 18.2. The zero-order valence-electron chi connectivity index (χ0n) is 15.0. The Kier molecular flexibility index (Phi) is 5.02. The highest BCUT2D eigenvalue weighted by molar-refractivity contribution is 8.18. The van der Waals surface area contributed by atoms with Gasteiger partial charge in [0.1, 0.15) is 17.3 Å². The third-order valence-corrected chi connectivity index (χ3v) is 5.26. The van der Waals surface area contributed by atoms with Gasteiger partial charge in [-0.3, -0.25) is 14.5 Å². The Hall–Kier alpha value is -3.63. The van der Waals surface area contributed by atoms with Crippen LogP contribution in [0.1, 0.15) is 16.9 Å². The smallest absolute Gasteiger partial charge is 0.293 e. The molecule has 2 aromatic carbocycles. The molecule has 29 heavy (non-hydrogen) atoms. The number of benzene rings is 2. The van der Waals surface area contributed by atoms with Gasteiger partial charge in [0.25, 0.3) is 11.1 Å². The molecule has 7 heteroatoms. The second kappa shape index (κ2) is 7.78. The summed E-state index contributed by atoms with van der Waals surface area (Å²) in [7, 11) is 0. The Morgan fingerprint density at radius 3 is 2.72 bits per heavy atom. The van der Waals surface area contributed by atoms with Crippen molar-refractivity contribution in [3.63, 3.8) is 0 Å². The quantitative estimate of drug-likeness (QED) is 0.559. The van der Waals surface area contributed by atoms with E-state index in [0.29, 0.717) is 28.2 Å². The summed E-state index contributed by atoms with van der Waals surface area (Å²) in [5.74, 6) is 0.0146. The molecule has 0 N–H and O–H groups in total. The predicted octanol–water partition coefficient (Wildman–Crippen LogP) is 5.19. The van der Waals surface area contributed by atoms with E-state index in [0.717, 1.165) is 16.7 Å². The van der Waals surface area contributed by atoms with Crippen molar-refractivity contribution in [3.05, 3.63) is 88.3 Å². The number of rotatable bonds is 4. The van der Waals surface area contributed by atoms with Crippen LogP contribution in [-0.4, -0.2) is 16.0 Å². The van der Waals surface area contributed by atoms with Gasteiger partial charge in [0, 0.05) is 11.6 Å². The van der Waals surface area contributed by atoms with E-state index in [9.17, 15) is 19.2 Å². The highest BCUT2D eigenvalue weighted by atomic mass is 32.2. The number of imide groups is 1. The van der Waals surface area contributed by atoms with Gasteiger partial charge in [0.15, 0.2) is 0 Å². The first-order valence-corrected chi connectivity index (χ1v) is 9.46. The van der Waals surface area contributed by atoms with Gasteiger partial charge < -0.3 is 4.42 Å². The Morgan fingerprint density at radius 2 is 1.93 bits per heavy atom. The molecule has 4 rings (SSSR count). The van der Waals surface area contributed by atoms with Gasteiger partial charge in [-0.05, 0) is 47.7 Å². The standard InChI is InChI=1S/C22H13FN2O3S/c23-17-7-3-6-14(10-17)19-9-8-18(28-19)11-20-21(26)25(22(27)29-20)13-16-5-2-1-4-15(16)12-24/h1-11H,13H2/b20-11+. The summed E-state index contributed by atoms with van der Waals surface area (Å²) in [5.41, 5.74) is 1.59. The van der Waals surface area contributed by atoms with Crippen molar-refractivity contribution in [3.8, 4) is 17.4 Å². The van der Waals surface area contributed by atoms with Crippen LogP contribution in [-0.2, 0) is 11.3 Å². The number of hydrogen-bond donors (Lipinski definition) is 0. The van der Waals surface area contributed by atoms with Crippen molar-refractivity contribution in [1.82, 2.24) is 4.90 Å². The van der Waals surface area contributed by atoms with Gasteiger partial charge in [-0.1, -0.05) is 30.3 Å². The number of hydrogen-bond acceptors (Lipinski definition) is 5. The van der Waals surface area contributed by atoms with Crippen molar-refractivity contribution in [2.45, 2.75) is 6.54 Å². The van der Waals surface area contributed by atoms with Crippen LogP contribution < -0.4 is 0 Å². The number of amides is 2. The number of carbonyl (C=O) groups excluding carboxylic acids is 2. The van der Waals surface area contributed by atoms with Gasteiger partial charge in [-0.2, -0.15) is 5.26 Å². The minimum Gasteiger partial charge on any atom is -0.457 e. The van der Waals surface area contributed by atoms with E-state index in [1.165, 1.54) is 18.2 Å². The zero-order chi connectivity index (χ0) is 20.4. The van der Waals surface area contributed by atoms with E-state index in [4.69, 9.17) is 4.42 Å². The summed E-state index contributed by atoms with van der Waals surface area (Å²) in [5, 5.41) is 8.78. The molecule has 1 aliphatic heterocycles. The average molecular weight is 404 g/mol. The fourth-order valence-corrected chi connectivity index (χ4v) is 3.75. The first-order valence-electron chi connectivity index (χ1n) is 8.64. The fraction of sp³-hybridized carbons (Fsp3) is 0.0455. The molecular formula is C22H13FN2O3S. The normalized spacial score (nSPS) is 15.2. The van der Waals surface area contributed by atoms with Gasteiger partial charge in [-0.25, -0.2) is 4.39 Å². The van der Waals surface area contributed by atoms with Crippen molar-refractivity contribution in [1.29, 1.82) is 5.26 Å². The molecule has 2 amide bonds. The minimum atomic E-state index is -0.448. The van der Waals surface area contributed by atoms with Crippen LogP contribution in [0.25, 0.3) is 17.4 Å². The predicted molar refractivity (Wildman–Crippen MR) is 107 cm³/mol.